The summed E-state index contributed by atoms with van der Waals surface area (Å²) in [6.07, 6.45) is 2.61. The highest BCUT2D eigenvalue weighted by Gasteiger charge is 2.27. The highest BCUT2D eigenvalue weighted by atomic mass is 16.5. The standard InChI is InChI=1S/C25H24N4O5/c1-14-12-15(10-11-26-14)23-19(13-20-17(28-23)8-9-21(30)29(20)2)27-18-7-5-6-16(24(31)33-3)22(18)25(32)34-4/h5-7,10-13,27H,8-9H2,1-4H3. The Labute approximate surface area is 196 Å². The second kappa shape index (κ2) is 9.30. The molecule has 0 aliphatic carbocycles. The largest absolute Gasteiger partial charge is 0.465 e. The molecule has 1 aromatic carbocycles. The van der Waals surface area contributed by atoms with Gasteiger partial charge in [0.2, 0.25) is 5.91 Å². The maximum absolute atomic E-state index is 12.6. The third-order valence-electron chi connectivity index (χ3n) is 5.69. The van der Waals surface area contributed by atoms with Crippen molar-refractivity contribution in [1.82, 2.24) is 9.97 Å². The SMILES string of the molecule is COC(=O)c1cccc(Nc2cc3c(nc2-c2ccnc(C)c2)CCC(=O)N3C)c1C(=O)OC. The molecule has 1 aliphatic heterocycles. The van der Waals surface area contributed by atoms with Gasteiger partial charge in [-0.25, -0.2) is 14.6 Å². The molecule has 0 bridgehead atoms. The quantitative estimate of drug-likeness (QED) is 0.574. The minimum Gasteiger partial charge on any atom is -0.465 e. The second-order valence-corrected chi connectivity index (χ2v) is 7.83. The van der Waals surface area contributed by atoms with Gasteiger partial charge in [-0.15, -0.1) is 0 Å². The number of nitrogens with one attached hydrogen (secondary N) is 1. The summed E-state index contributed by atoms with van der Waals surface area (Å²) >= 11 is 0. The van der Waals surface area contributed by atoms with Gasteiger partial charge < -0.3 is 19.7 Å². The van der Waals surface area contributed by atoms with Gasteiger partial charge >= 0.3 is 11.9 Å². The molecule has 0 spiro atoms. The van der Waals surface area contributed by atoms with Crippen LogP contribution in [0.4, 0.5) is 17.1 Å². The van der Waals surface area contributed by atoms with Crippen LogP contribution in [0.25, 0.3) is 11.3 Å². The van der Waals surface area contributed by atoms with Gasteiger partial charge in [-0.2, -0.15) is 0 Å². The Bertz CT molecular complexity index is 1300. The molecular formula is C25H24N4O5. The van der Waals surface area contributed by atoms with E-state index in [1.165, 1.54) is 20.3 Å². The lowest BCUT2D eigenvalue weighted by atomic mass is 10.0. The van der Waals surface area contributed by atoms with Crippen LogP contribution in [-0.2, 0) is 20.7 Å². The topological polar surface area (TPSA) is 111 Å². The number of ether oxygens (including phenoxy) is 2. The number of hydrogen-bond donors (Lipinski definition) is 1. The molecule has 0 fully saturated rings. The van der Waals surface area contributed by atoms with Crippen LogP contribution >= 0.6 is 0 Å². The number of hydrogen-bond acceptors (Lipinski definition) is 8. The minimum atomic E-state index is -0.692. The summed E-state index contributed by atoms with van der Waals surface area (Å²) in [4.78, 5) is 48.0. The zero-order valence-corrected chi connectivity index (χ0v) is 19.3. The summed E-state index contributed by atoms with van der Waals surface area (Å²) in [6, 6.07) is 10.4. The number of aromatic nitrogens is 2. The molecule has 9 heteroatoms. The van der Waals surface area contributed by atoms with E-state index < -0.39 is 11.9 Å². The van der Waals surface area contributed by atoms with Gasteiger partial charge in [-0.3, -0.25) is 9.78 Å². The fraction of sp³-hybridized carbons (Fsp3) is 0.240. The number of benzene rings is 1. The molecular weight excluding hydrogens is 436 g/mol. The van der Waals surface area contributed by atoms with E-state index in [0.29, 0.717) is 35.6 Å². The van der Waals surface area contributed by atoms with E-state index in [9.17, 15) is 14.4 Å². The third kappa shape index (κ3) is 4.19. The van der Waals surface area contributed by atoms with Crippen molar-refractivity contribution >= 4 is 34.9 Å². The van der Waals surface area contributed by atoms with Gasteiger partial charge in [-0.1, -0.05) is 6.07 Å². The Kier molecular flexibility index (Phi) is 6.27. The molecule has 2 aromatic heterocycles. The summed E-state index contributed by atoms with van der Waals surface area (Å²) in [6.45, 7) is 1.89. The van der Waals surface area contributed by atoms with Crippen LogP contribution in [0.15, 0.2) is 42.6 Å². The molecule has 3 aromatic rings. The molecule has 1 N–H and O–H groups in total. The van der Waals surface area contributed by atoms with Crippen LogP contribution in [0.2, 0.25) is 0 Å². The fourth-order valence-corrected chi connectivity index (χ4v) is 3.95. The Morgan fingerprint density at radius 2 is 1.79 bits per heavy atom. The number of carbonyl (C=O) groups is 3. The number of nitrogens with zero attached hydrogens (tertiary/aromatic N) is 3. The van der Waals surface area contributed by atoms with Gasteiger partial charge in [0.15, 0.2) is 0 Å². The summed E-state index contributed by atoms with van der Waals surface area (Å²) < 4.78 is 9.78. The van der Waals surface area contributed by atoms with Crippen molar-refractivity contribution in [2.24, 2.45) is 0 Å². The minimum absolute atomic E-state index is 0.00399. The number of rotatable bonds is 5. The number of carbonyl (C=O) groups excluding carboxylic acids is 3. The predicted molar refractivity (Wildman–Crippen MR) is 126 cm³/mol. The van der Waals surface area contributed by atoms with E-state index in [2.05, 4.69) is 10.3 Å². The summed E-state index contributed by atoms with van der Waals surface area (Å²) in [7, 11) is 4.19. The molecule has 9 nitrogen and oxygen atoms in total. The van der Waals surface area contributed by atoms with Crippen LogP contribution in [0.5, 0.6) is 0 Å². The molecule has 3 heterocycles. The molecule has 0 saturated heterocycles. The van der Waals surface area contributed by atoms with E-state index in [1.54, 1.807) is 30.3 Å². The molecule has 1 aliphatic rings. The highest BCUT2D eigenvalue weighted by Crippen LogP contribution is 2.37. The number of esters is 2. The zero-order chi connectivity index (χ0) is 24.4. The first-order valence-electron chi connectivity index (χ1n) is 10.6. The van der Waals surface area contributed by atoms with E-state index >= 15 is 0 Å². The number of fused-ring (bicyclic) bond motifs is 1. The van der Waals surface area contributed by atoms with Crippen molar-refractivity contribution in [2.75, 3.05) is 31.5 Å². The summed E-state index contributed by atoms with van der Waals surface area (Å²) in [5, 5.41) is 3.25. The molecule has 34 heavy (non-hydrogen) atoms. The monoisotopic (exact) mass is 460 g/mol. The lowest BCUT2D eigenvalue weighted by Gasteiger charge is -2.27. The molecule has 174 valence electrons. The van der Waals surface area contributed by atoms with Gasteiger partial charge in [0, 0.05) is 37.3 Å². The van der Waals surface area contributed by atoms with Crippen molar-refractivity contribution < 1.29 is 23.9 Å². The molecule has 4 rings (SSSR count). The van der Waals surface area contributed by atoms with Crippen LogP contribution in [0.1, 0.15) is 38.5 Å². The maximum atomic E-state index is 12.6. The second-order valence-electron chi connectivity index (χ2n) is 7.83. The van der Waals surface area contributed by atoms with Crippen molar-refractivity contribution in [3.8, 4) is 11.3 Å². The normalized spacial score (nSPS) is 12.7. The molecule has 0 unspecified atom stereocenters. The van der Waals surface area contributed by atoms with Crippen molar-refractivity contribution in [1.29, 1.82) is 0 Å². The van der Waals surface area contributed by atoms with Crippen LogP contribution in [0, 0.1) is 6.92 Å². The van der Waals surface area contributed by atoms with E-state index in [1.807, 2.05) is 25.1 Å². The molecule has 0 atom stereocenters. The lowest BCUT2D eigenvalue weighted by Crippen LogP contribution is -2.31. The first-order chi connectivity index (χ1) is 16.3. The zero-order valence-electron chi connectivity index (χ0n) is 19.3. The van der Waals surface area contributed by atoms with Gasteiger partial charge in [0.1, 0.15) is 0 Å². The van der Waals surface area contributed by atoms with Gasteiger partial charge in [0.05, 0.1) is 53.8 Å². The van der Waals surface area contributed by atoms with Crippen LogP contribution in [0.3, 0.4) is 0 Å². The average molecular weight is 460 g/mol. The fourth-order valence-electron chi connectivity index (χ4n) is 3.95. The Balaban J connectivity index is 1.92. The maximum Gasteiger partial charge on any atom is 0.340 e. The summed E-state index contributed by atoms with van der Waals surface area (Å²) in [5.41, 5.74) is 4.75. The predicted octanol–water partition coefficient (Wildman–Crippen LogP) is 3.68. The Morgan fingerprint density at radius 3 is 2.50 bits per heavy atom. The van der Waals surface area contributed by atoms with Crippen molar-refractivity contribution in [2.45, 2.75) is 19.8 Å². The van der Waals surface area contributed by atoms with E-state index in [4.69, 9.17) is 14.5 Å². The van der Waals surface area contributed by atoms with E-state index in [0.717, 1.165) is 17.0 Å². The van der Waals surface area contributed by atoms with Crippen LogP contribution in [-0.4, -0.2) is 49.1 Å². The molecule has 0 radical (unpaired) electrons. The first-order valence-corrected chi connectivity index (χ1v) is 10.6. The molecule has 0 saturated carbocycles. The van der Waals surface area contributed by atoms with Gasteiger partial charge in [-0.05, 0) is 37.3 Å². The van der Waals surface area contributed by atoms with E-state index in [-0.39, 0.29) is 17.0 Å². The Morgan fingerprint density at radius 1 is 1.03 bits per heavy atom. The lowest BCUT2D eigenvalue weighted by molar-refractivity contribution is -0.118. The number of aryl methyl sites for hydroxylation is 2. The number of amides is 1. The average Bonchev–Trinajstić information content (AvgIpc) is 2.85. The number of anilines is 3. The molecule has 1 amide bonds. The number of methoxy groups -OCH3 is 2. The highest BCUT2D eigenvalue weighted by molar-refractivity contribution is 6.08. The number of pyridine rings is 2. The van der Waals surface area contributed by atoms with Crippen molar-refractivity contribution in [3.63, 3.8) is 0 Å². The first kappa shape index (κ1) is 22.9. The smallest absolute Gasteiger partial charge is 0.340 e. The van der Waals surface area contributed by atoms with Gasteiger partial charge in [0.25, 0.3) is 0 Å². The Hall–Kier alpha value is -4.27. The summed E-state index contributed by atoms with van der Waals surface area (Å²) in [5.74, 6) is -1.36. The van der Waals surface area contributed by atoms with Crippen molar-refractivity contribution in [3.05, 3.63) is 65.1 Å². The third-order valence-corrected chi connectivity index (χ3v) is 5.69. The van der Waals surface area contributed by atoms with Crippen LogP contribution < -0.4 is 10.2 Å².